The maximum Gasteiger partial charge on any atom is 0.475 e. The van der Waals surface area contributed by atoms with E-state index in [0.29, 0.717) is 32.2 Å². The molecular weight excluding hydrogens is 376 g/mol. The predicted octanol–water partition coefficient (Wildman–Crippen LogP) is 1.23. The third-order valence-corrected chi connectivity index (χ3v) is 5.10. The third kappa shape index (κ3) is 6.43. The van der Waals surface area contributed by atoms with Gasteiger partial charge in [0.2, 0.25) is 11.8 Å². The quantitative estimate of drug-likeness (QED) is 0.437. The molecule has 0 saturated carbocycles. The Morgan fingerprint density at radius 3 is 2.38 bits per heavy atom. The minimum absolute atomic E-state index is 0.167. The largest absolute Gasteiger partial charge is 0.475 e. The summed E-state index contributed by atoms with van der Waals surface area (Å²) in [5.74, 6) is -1.65. The Morgan fingerprint density at radius 2 is 1.90 bits per heavy atom. The summed E-state index contributed by atoms with van der Waals surface area (Å²) in [6, 6.07) is 4.80. The van der Waals surface area contributed by atoms with E-state index in [4.69, 9.17) is 0 Å². The van der Waals surface area contributed by atoms with E-state index >= 15 is 0 Å². The molecule has 7 nitrogen and oxygen atoms in total. The van der Waals surface area contributed by atoms with Crippen LogP contribution in [-0.2, 0) is 9.59 Å². The Morgan fingerprint density at radius 1 is 1.24 bits per heavy atom. The molecule has 9 heteroatoms. The molecule has 0 aliphatic carbocycles. The molecular formula is C20H31BFN3O4. The Hall–Kier alpha value is -2.13. The van der Waals surface area contributed by atoms with Crippen LogP contribution in [0.1, 0.15) is 46.5 Å². The van der Waals surface area contributed by atoms with Crippen LogP contribution in [0.4, 0.5) is 10.1 Å². The molecule has 160 valence electrons. The third-order valence-electron chi connectivity index (χ3n) is 5.10. The van der Waals surface area contributed by atoms with Crippen molar-refractivity contribution in [1.82, 2.24) is 10.6 Å². The Kier molecular flexibility index (Phi) is 8.46. The van der Waals surface area contributed by atoms with Crippen molar-refractivity contribution in [2.24, 2.45) is 5.92 Å². The molecule has 0 spiro atoms. The zero-order chi connectivity index (χ0) is 21.6. The van der Waals surface area contributed by atoms with Crippen molar-refractivity contribution < 1.29 is 24.0 Å². The Bertz CT molecular complexity index is 687. The van der Waals surface area contributed by atoms with Gasteiger partial charge in [0.15, 0.2) is 0 Å². The summed E-state index contributed by atoms with van der Waals surface area (Å²) in [6.07, 6.45) is 2.18. The highest BCUT2D eigenvalue weighted by Gasteiger charge is 2.36. The van der Waals surface area contributed by atoms with Crippen molar-refractivity contribution in [2.75, 3.05) is 11.4 Å². The van der Waals surface area contributed by atoms with Crippen LogP contribution in [0.5, 0.6) is 0 Å². The van der Waals surface area contributed by atoms with Gasteiger partial charge in [-0.2, -0.15) is 0 Å². The standard InChI is InChI=1S/C20H31BFN3O4/c1-4-5-16(19(26)24-18(21(28)29)12-13(2)3)23-20(27)17-10-11-25(17)15-8-6-14(22)7-9-15/h6-9,13,16-18,28-29H,4-5,10-12H2,1-3H3,(H,23,27)(H,24,26). The van der Waals surface area contributed by atoms with Crippen LogP contribution in [0.25, 0.3) is 0 Å². The molecule has 3 unspecified atom stereocenters. The fourth-order valence-corrected chi connectivity index (χ4v) is 3.47. The minimum Gasteiger partial charge on any atom is -0.426 e. The molecule has 29 heavy (non-hydrogen) atoms. The number of carbonyl (C=O) groups excluding carboxylic acids is 2. The molecule has 1 aromatic rings. The van der Waals surface area contributed by atoms with Gasteiger partial charge in [0.05, 0.1) is 5.94 Å². The number of anilines is 1. The summed E-state index contributed by atoms with van der Waals surface area (Å²) in [5, 5.41) is 24.5. The van der Waals surface area contributed by atoms with E-state index < -0.39 is 31.1 Å². The first-order chi connectivity index (χ1) is 13.7. The second kappa shape index (κ2) is 10.6. The van der Waals surface area contributed by atoms with Gasteiger partial charge in [-0.15, -0.1) is 0 Å². The molecule has 1 saturated heterocycles. The van der Waals surface area contributed by atoms with Crippen LogP contribution in [0.2, 0.25) is 0 Å². The van der Waals surface area contributed by atoms with Gasteiger partial charge in [-0.3, -0.25) is 9.59 Å². The molecule has 2 rings (SSSR count). The van der Waals surface area contributed by atoms with Crippen molar-refractivity contribution >= 4 is 24.6 Å². The lowest BCUT2D eigenvalue weighted by Gasteiger charge is -2.42. The first-order valence-electron chi connectivity index (χ1n) is 10.2. The van der Waals surface area contributed by atoms with E-state index in [1.165, 1.54) is 12.1 Å². The predicted molar refractivity (Wildman–Crippen MR) is 111 cm³/mol. The topological polar surface area (TPSA) is 102 Å². The number of nitrogens with one attached hydrogen (secondary N) is 2. The smallest absolute Gasteiger partial charge is 0.426 e. The van der Waals surface area contributed by atoms with Crippen molar-refractivity contribution in [3.05, 3.63) is 30.1 Å². The normalized spacial score (nSPS) is 18.0. The average Bonchev–Trinajstić information content (AvgIpc) is 2.61. The number of halogens is 1. The first kappa shape index (κ1) is 23.2. The summed E-state index contributed by atoms with van der Waals surface area (Å²) < 4.78 is 13.1. The highest BCUT2D eigenvalue weighted by molar-refractivity contribution is 6.43. The summed E-state index contributed by atoms with van der Waals surface area (Å²) in [4.78, 5) is 27.3. The fourth-order valence-electron chi connectivity index (χ4n) is 3.47. The second-order valence-corrected chi connectivity index (χ2v) is 7.98. The van der Waals surface area contributed by atoms with Gasteiger partial charge in [0.25, 0.3) is 0 Å². The van der Waals surface area contributed by atoms with Crippen LogP contribution in [0.15, 0.2) is 24.3 Å². The van der Waals surface area contributed by atoms with Gasteiger partial charge >= 0.3 is 7.12 Å². The molecule has 0 radical (unpaired) electrons. The lowest BCUT2D eigenvalue weighted by Crippen LogP contribution is -2.60. The Balaban J connectivity index is 2.00. The van der Waals surface area contributed by atoms with E-state index in [0.717, 1.165) is 5.69 Å². The number of carbonyl (C=O) groups is 2. The molecule has 0 aromatic heterocycles. The number of benzene rings is 1. The highest BCUT2D eigenvalue weighted by Crippen LogP contribution is 2.26. The molecule has 1 aliphatic rings. The maximum absolute atomic E-state index is 13.1. The molecule has 1 heterocycles. The zero-order valence-corrected chi connectivity index (χ0v) is 17.3. The van der Waals surface area contributed by atoms with Gasteiger partial charge in [-0.25, -0.2) is 4.39 Å². The molecule has 3 atom stereocenters. The van der Waals surface area contributed by atoms with E-state index in [9.17, 15) is 24.0 Å². The molecule has 1 aromatic carbocycles. The van der Waals surface area contributed by atoms with Crippen LogP contribution >= 0.6 is 0 Å². The van der Waals surface area contributed by atoms with Crippen LogP contribution in [-0.4, -0.2) is 53.6 Å². The summed E-state index contributed by atoms with van der Waals surface area (Å²) in [7, 11) is -1.67. The minimum atomic E-state index is -1.67. The van der Waals surface area contributed by atoms with E-state index in [2.05, 4.69) is 10.6 Å². The molecule has 1 aliphatic heterocycles. The first-order valence-corrected chi connectivity index (χ1v) is 10.2. The fraction of sp³-hybridized carbons (Fsp3) is 0.600. The van der Waals surface area contributed by atoms with Gasteiger partial charge in [0, 0.05) is 12.2 Å². The van der Waals surface area contributed by atoms with Crippen LogP contribution in [0.3, 0.4) is 0 Å². The van der Waals surface area contributed by atoms with E-state index in [1.807, 2.05) is 25.7 Å². The monoisotopic (exact) mass is 407 g/mol. The lowest BCUT2D eigenvalue weighted by molar-refractivity contribution is -0.130. The van der Waals surface area contributed by atoms with Crippen molar-refractivity contribution in [1.29, 1.82) is 0 Å². The van der Waals surface area contributed by atoms with Gasteiger partial charge in [-0.05, 0) is 49.4 Å². The van der Waals surface area contributed by atoms with Crippen LogP contribution < -0.4 is 15.5 Å². The Labute approximate surface area is 171 Å². The summed E-state index contributed by atoms with van der Waals surface area (Å²) >= 11 is 0. The van der Waals surface area contributed by atoms with Gasteiger partial charge in [0.1, 0.15) is 17.9 Å². The number of hydrogen-bond donors (Lipinski definition) is 4. The van der Waals surface area contributed by atoms with Crippen molar-refractivity contribution in [3.63, 3.8) is 0 Å². The average molecular weight is 407 g/mol. The highest BCUT2D eigenvalue weighted by atomic mass is 19.1. The van der Waals surface area contributed by atoms with Crippen molar-refractivity contribution in [2.45, 2.75) is 64.5 Å². The van der Waals surface area contributed by atoms with Gasteiger partial charge in [-0.1, -0.05) is 27.2 Å². The van der Waals surface area contributed by atoms with E-state index in [1.54, 1.807) is 12.1 Å². The van der Waals surface area contributed by atoms with Crippen LogP contribution in [0, 0.1) is 11.7 Å². The number of hydrogen-bond acceptors (Lipinski definition) is 5. The summed E-state index contributed by atoms with van der Waals surface area (Å²) in [5.41, 5.74) is 0.759. The SMILES string of the molecule is CCCC(NC(=O)C1CCN1c1ccc(F)cc1)C(=O)NC(CC(C)C)B(O)O. The summed E-state index contributed by atoms with van der Waals surface area (Å²) in [6.45, 7) is 6.44. The molecule has 0 bridgehead atoms. The molecule has 2 amide bonds. The number of nitrogens with zero attached hydrogens (tertiary/aromatic N) is 1. The maximum atomic E-state index is 13.1. The lowest BCUT2D eigenvalue weighted by atomic mass is 9.75. The van der Waals surface area contributed by atoms with Gasteiger partial charge < -0.3 is 25.6 Å². The molecule has 4 N–H and O–H groups in total. The molecule has 1 fully saturated rings. The number of amides is 2. The van der Waals surface area contributed by atoms with Crippen molar-refractivity contribution in [3.8, 4) is 0 Å². The second-order valence-electron chi connectivity index (χ2n) is 7.98. The zero-order valence-electron chi connectivity index (χ0n) is 17.3. The number of rotatable bonds is 10. The van der Waals surface area contributed by atoms with E-state index in [-0.39, 0.29) is 17.6 Å².